The third-order valence-corrected chi connectivity index (χ3v) is 4.69. The van der Waals surface area contributed by atoms with Crippen LogP contribution in [0.15, 0.2) is 28.1 Å². The maximum Gasteiger partial charge on any atom is 0.264 e. The maximum atomic E-state index is 13.2. The Bertz CT molecular complexity index is 652. The molecule has 0 unspecified atom stereocenters. The first-order chi connectivity index (χ1) is 10.6. The number of carbonyl (C=O) groups is 1. The van der Waals surface area contributed by atoms with E-state index in [1.807, 2.05) is 0 Å². The maximum absolute atomic E-state index is 13.2. The second-order valence-corrected chi connectivity index (χ2v) is 6.50. The molecule has 0 bridgehead atoms. The normalized spacial score (nSPS) is 23.3. The van der Waals surface area contributed by atoms with Crippen LogP contribution in [-0.2, 0) is 4.79 Å². The minimum Gasteiger partial charge on any atom is -0.301 e. The van der Waals surface area contributed by atoms with E-state index in [4.69, 9.17) is 0 Å². The summed E-state index contributed by atoms with van der Waals surface area (Å²) >= 11 is 1.25. The van der Waals surface area contributed by atoms with Crippen LogP contribution in [0.2, 0.25) is 0 Å². The second kappa shape index (κ2) is 6.60. The Morgan fingerprint density at radius 2 is 1.95 bits per heavy atom. The molecular weight excluding hydrogens is 306 g/mol. The van der Waals surface area contributed by atoms with Gasteiger partial charge in [-0.2, -0.15) is 0 Å². The standard InChI is InChI=1S/C16H16F2N2OS/c17-12-7-6-10(8-13(12)18)9-14-15(21)20-16(22-14)19-11-4-2-1-3-5-11/h6-9,11H,1-5H2,(H,19,20,21)/b14-9+. The Morgan fingerprint density at radius 3 is 2.68 bits per heavy atom. The molecule has 0 spiro atoms. The molecule has 1 aliphatic carbocycles. The van der Waals surface area contributed by atoms with Crippen molar-refractivity contribution in [1.82, 2.24) is 5.32 Å². The van der Waals surface area contributed by atoms with Gasteiger partial charge in [0.2, 0.25) is 0 Å². The summed E-state index contributed by atoms with van der Waals surface area (Å²) < 4.78 is 26.1. The fourth-order valence-corrected chi connectivity index (χ4v) is 3.51. The van der Waals surface area contributed by atoms with Crippen LogP contribution in [0, 0.1) is 11.6 Å². The molecule has 1 aromatic carbocycles. The first kappa shape index (κ1) is 15.2. The second-order valence-electron chi connectivity index (χ2n) is 5.46. The highest BCUT2D eigenvalue weighted by Gasteiger charge is 2.25. The summed E-state index contributed by atoms with van der Waals surface area (Å²) in [6, 6.07) is 3.84. The van der Waals surface area contributed by atoms with Crippen molar-refractivity contribution in [2.45, 2.75) is 38.1 Å². The highest BCUT2D eigenvalue weighted by Crippen LogP contribution is 2.28. The van der Waals surface area contributed by atoms with E-state index in [2.05, 4.69) is 10.3 Å². The summed E-state index contributed by atoms with van der Waals surface area (Å²) in [6.45, 7) is 0. The van der Waals surface area contributed by atoms with Crippen molar-refractivity contribution in [3.05, 3.63) is 40.3 Å². The van der Waals surface area contributed by atoms with Crippen molar-refractivity contribution in [1.29, 1.82) is 0 Å². The van der Waals surface area contributed by atoms with Crippen LogP contribution < -0.4 is 5.32 Å². The van der Waals surface area contributed by atoms with Crippen molar-refractivity contribution in [2.24, 2.45) is 4.99 Å². The number of nitrogens with one attached hydrogen (secondary N) is 1. The quantitative estimate of drug-likeness (QED) is 0.840. The molecule has 1 saturated carbocycles. The van der Waals surface area contributed by atoms with Crippen LogP contribution in [0.5, 0.6) is 0 Å². The van der Waals surface area contributed by atoms with E-state index in [0.717, 1.165) is 25.0 Å². The van der Waals surface area contributed by atoms with E-state index in [-0.39, 0.29) is 11.9 Å². The van der Waals surface area contributed by atoms with Crippen molar-refractivity contribution < 1.29 is 13.6 Å². The molecule has 1 heterocycles. The molecule has 1 aliphatic heterocycles. The zero-order valence-electron chi connectivity index (χ0n) is 11.9. The van der Waals surface area contributed by atoms with Gasteiger partial charge in [-0.15, -0.1) is 0 Å². The monoisotopic (exact) mass is 322 g/mol. The molecule has 3 nitrogen and oxygen atoms in total. The number of amides is 1. The van der Waals surface area contributed by atoms with Crippen molar-refractivity contribution in [3.8, 4) is 0 Å². The first-order valence-corrected chi connectivity index (χ1v) is 8.17. The molecule has 0 atom stereocenters. The Balaban J connectivity index is 1.74. The van der Waals surface area contributed by atoms with E-state index < -0.39 is 11.6 Å². The molecule has 1 amide bonds. The Hall–Kier alpha value is -1.69. The number of hydrogen-bond acceptors (Lipinski definition) is 3. The van der Waals surface area contributed by atoms with Crippen LogP contribution in [-0.4, -0.2) is 17.1 Å². The number of halogens is 2. The molecule has 22 heavy (non-hydrogen) atoms. The molecule has 2 fully saturated rings. The lowest BCUT2D eigenvalue weighted by molar-refractivity contribution is -0.115. The fraction of sp³-hybridized carbons (Fsp3) is 0.375. The third kappa shape index (κ3) is 3.55. The van der Waals surface area contributed by atoms with Gasteiger partial charge in [0.15, 0.2) is 16.8 Å². The minimum atomic E-state index is -0.922. The summed E-state index contributed by atoms with van der Waals surface area (Å²) in [7, 11) is 0. The Morgan fingerprint density at radius 1 is 1.18 bits per heavy atom. The Kier molecular flexibility index (Phi) is 4.57. The molecule has 6 heteroatoms. The molecule has 1 N–H and O–H groups in total. The van der Waals surface area contributed by atoms with Gasteiger partial charge in [0.25, 0.3) is 5.91 Å². The van der Waals surface area contributed by atoms with Gasteiger partial charge >= 0.3 is 0 Å². The average molecular weight is 322 g/mol. The molecule has 0 aromatic heterocycles. The molecular formula is C16H16F2N2OS. The molecule has 1 aromatic rings. The summed E-state index contributed by atoms with van der Waals surface area (Å²) in [6.07, 6.45) is 7.27. The topological polar surface area (TPSA) is 41.5 Å². The minimum absolute atomic E-state index is 0.246. The zero-order valence-corrected chi connectivity index (χ0v) is 12.8. The number of thioether (sulfide) groups is 1. The van der Waals surface area contributed by atoms with Crippen molar-refractivity contribution >= 4 is 28.9 Å². The first-order valence-electron chi connectivity index (χ1n) is 7.35. The van der Waals surface area contributed by atoms with E-state index in [1.54, 1.807) is 6.08 Å². The van der Waals surface area contributed by atoms with Crippen LogP contribution in [0.25, 0.3) is 6.08 Å². The number of carbonyl (C=O) groups excluding carboxylic acids is 1. The molecule has 1 saturated heterocycles. The lowest BCUT2D eigenvalue weighted by Crippen LogP contribution is -2.22. The van der Waals surface area contributed by atoms with Crippen LogP contribution in [0.4, 0.5) is 8.78 Å². The van der Waals surface area contributed by atoms with Gasteiger partial charge < -0.3 is 5.32 Å². The van der Waals surface area contributed by atoms with E-state index >= 15 is 0 Å². The third-order valence-electron chi connectivity index (χ3n) is 3.77. The van der Waals surface area contributed by atoms with Gasteiger partial charge in [-0.3, -0.25) is 9.79 Å². The number of aliphatic imine (C=N–C) groups is 1. The predicted molar refractivity (Wildman–Crippen MR) is 84.4 cm³/mol. The van der Waals surface area contributed by atoms with Gasteiger partial charge in [0.05, 0.1) is 10.9 Å². The van der Waals surface area contributed by atoms with Gasteiger partial charge in [0, 0.05) is 0 Å². The van der Waals surface area contributed by atoms with Crippen LogP contribution >= 0.6 is 11.8 Å². The summed E-state index contributed by atoms with van der Waals surface area (Å²) in [5.74, 6) is -2.07. The lowest BCUT2D eigenvalue weighted by Gasteiger charge is -2.17. The number of amidine groups is 1. The van der Waals surface area contributed by atoms with E-state index in [1.165, 1.54) is 37.1 Å². The van der Waals surface area contributed by atoms with Crippen molar-refractivity contribution in [3.63, 3.8) is 0 Å². The lowest BCUT2D eigenvalue weighted by atomic mass is 9.96. The van der Waals surface area contributed by atoms with Crippen LogP contribution in [0.3, 0.4) is 0 Å². The van der Waals surface area contributed by atoms with E-state index in [9.17, 15) is 13.6 Å². The molecule has 116 valence electrons. The van der Waals surface area contributed by atoms with Gasteiger partial charge in [-0.25, -0.2) is 8.78 Å². The van der Waals surface area contributed by atoms with Gasteiger partial charge in [0.1, 0.15) is 0 Å². The molecule has 2 aliphatic rings. The zero-order chi connectivity index (χ0) is 15.5. The van der Waals surface area contributed by atoms with Crippen molar-refractivity contribution in [2.75, 3.05) is 0 Å². The number of rotatable bonds is 2. The predicted octanol–water partition coefficient (Wildman–Crippen LogP) is 3.86. The Labute approximate surface area is 131 Å². The SMILES string of the molecule is O=C1NC(=NC2CCCCC2)S/C1=C/c1ccc(F)c(F)c1. The summed E-state index contributed by atoms with van der Waals surface area (Å²) in [4.78, 5) is 17.0. The van der Waals surface area contributed by atoms with Gasteiger partial charge in [-0.1, -0.05) is 25.3 Å². The number of benzene rings is 1. The van der Waals surface area contributed by atoms with Gasteiger partial charge in [-0.05, 0) is 48.4 Å². The summed E-state index contributed by atoms with van der Waals surface area (Å²) in [5, 5.41) is 3.34. The average Bonchev–Trinajstić information content (AvgIpc) is 2.84. The summed E-state index contributed by atoms with van der Waals surface area (Å²) in [5.41, 5.74) is 0.454. The highest BCUT2D eigenvalue weighted by molar-refractivity contribution is 8.18. The molecule has 3 rings (SSSR count). The smallest absolute Gasteiger partial charge is 0.264 e. The number of hydrogen-bond donors (Lipinski definition) is 1. The molecule has 0 radical (unpaired) electrons. The van der Waals surface area contributed by atoms with E-state index in [0.29, 0.717) is 15.6 Å². The largest absolute Gasteiger partial charge is 0.301 e. The van der Waals surface area contributed by atoms with Crippen LogP contribution in [0.1, 0.15) is 37.7 Å². The highest BCUT2D eigenvalue weighted by atomic mass is 32.2. The number of nitrogens with zero attached hydrogens (tertiary/aromatic N) is 1. The fourth-order valence-electron chi connectivity index (χ4n) is 2.62.